The highest BCUT2D eigenvalue weighted by Crippen LogP contribution is 2.33. The van der Waals surface area contributed by atoms with E-state index in [1.54, 1.807) is 16.2 Å². The highest BCUT2D eigenvalue weighted by atomic mass is 32.1. The molecule has 0 aliphatic carbocycles. The molecule has 0 bridgehead atoms. The van der Waals surface area contributed by atoms with E-state index in [-0.39, 0.29) is 6.03 Å². The second kappa shape index (κ2) is 8.15. The molecule has 1 aromatic heterocycles. The van der Waals surface area contributed by atoms with E-state index in [9.17, 15) is 4.79 Å². The zero-order valence-electron chi connectivity index (χ0n) is 15.3. The van der Waals surface area contributed by atoms with Gasteiger partial charge in [0.2, 0.25) is 0 Å². The number of thiazole rings is 1. The van der Waals surface area contributed by atoms with Gasteiger partial charge in [0.15, 0.2) is 0 Å². The van der Waals surface area contributed by atoms with E-state index in [1.165, 1.54) is 4.88 Å². The van der Waals surface area contributed by atoms with Crippen LogP contribution in [0.2, 0.25) is 0 Å². The molecule has 2 aromatic carbocycles. The molecular weight excluding hydrogens is 342 g/mol. The van der Waals surface area contributed by atoms with Crippen LogP contribution in [-0.2, 0) is 0 Å². The van der Waals surface area contributed by atoms with Gasteiger partial charge in [-0.15, -0.1) is 11.3 Å². The Morgan fingerprint density at radius 1 is 1.00 bits per heavy atom. The highest BCUT2D eigenvalue weighted by molar-refractivity contribution is 7.15. The Labute approximate surface area is 158 Å². The van der Waals surface area contributed by atoms with Crippen molar-refractivity contribution in [1.82, 2.24) is 9.88 Å². The van der Waals surface area contributed by atoms with Crippen LogP contribution in [0.25, 0.3) is 21.8 Å². The van der Waals surface area contributed by atoms with Gasteiger partial charge in [-0.05, 0) is 32.9 Å². The van der Waals surface area contributed by atoms with E-state index < -0.39 is 0 Å². The first-order valence-corrected chi connectivity index (χ1v) is 9.63. The molecule has 0 fully saturated rings. The molecule has 3 rings (SSSR count). The monoisotopic (exact) mass is 365 g/mol. The number of urea groups is 1. The number of nitrogens with zero attached hydrogens (tertiary/aromatic N) is 2. The van der Waals surface area contributed by atoms with Gasteiger partial charge in [0.25, 0.3) is 0 Å². The lowest BCUT2D eigenvalue weighted by molar-refractivity contribution is 0.217. The molecule has 134 valence electrons. The Morgan fingerprint density at radius 3 is 2.27 bits per heavy atom. The lowest BCUT2D eigenvalue weighted by Gasteiger charge is -2.19. The smallest absolute Gasteiger partial charge is 0.321 e. The summed E-state index contributed by atoms with van der Waals surface area (Å²) in [6.45, 7) is 7.43. The first-order valence-electron chi connectivity index (χ1n) is 8.81. The van der Waals surface area contributed by atoms with Crippen LogP contribution in [0.5, 0.6) is 0 Å². The van der Waals surface area contributed by atoms with E-state index >= 15 is 0 Å². The molecule has 4 nitrogen and oxygen atoms in total. The first-order chi connectivity index (χ1) is 12.6. The summed E-state index contributed by atoms with van der Waals surface area (Å²) in [5, 5.41) is 3.96. The minimum Gasteiger partial charge on any atom is -0.325 e. The Kier molecular flexibility index (Phi) is 5.68. The van der Waals surface area contributed by atoms with Crippen LogP contribution in [0.15, 0.2) is 54.6 Å². The summed E-state index contributed by atoms with van der Waals surface area (Å²) >= 11 is 1.70. The van der Waals surface area contributed by atoms with Crippen LogP contribution in [0.4, 0.5) is 10.5 Å². The van der Waals surface area contributed by atoms with Crippen molar-refractivity contribution < 1.29 is 4.79 Å². The van der Waals surface area contributed by atoms with Crippen LogP contribution in [-0.4, -0.2) is 29.0 Å². The van der Waals surface area contributed by atoms with Crippen molar-refractivity contribution in [1.29, 1.82) is 0 Å². The van der Waals surface area contributed by atoms with Crippen molar-refractivity contribution in [3.05, 3.63) is 59.5 Å². The number of aromatic nitrogens is 1. The predicted octanol–water partition coefficient (Wildman–Crippen LogP) is 5.66. The van der Waals surface area contributed by atoms with Gasteiger partial charge in [0.05, 0.1) is 5.69 Å². The molecular formula is C21H23N3OS. The molecule has 0 spiro atoms. The molecule has 0 atom stereocenters. The third-order valence-electron chi connectivity index (χ3n) is 4.28. The summed E-state index contributed by atoms with van der Waals surface area (Å²) in [5.74, 6) is 0. The molecule has 5 heteroatoms. The average Bonchev–Trinajstić information content (AvgIpc) is 3.06. The number of aryl methyl sites for hydroxylation is 1. The van der Waals surface area contributed by atoms with Crippen molar-refractivity contribution >= 4 is 23.1 Å². The van der Waals surface area contributed by atoms with Crippen molar-refractivity contribution in [2.75, 3.05) is 18.4 Å². The standard InChI is InChI=1S/C21H23N3OS/c1-4-24(5-2)21(25)22-18-13-11-16(12-14-18)19-15(3)26-20(23-19)17-9-7-6-8-10-17/h6-14H,4-5H2,1-3H3,(H,22,25). The van der Waals surface area contributed by atoms with Crippen LogP contribution in [0.3, 0.4) is 0 Å². The number of hydrogen-bond donors (Lipinski definition) is 1. The number of hydrogen-bond acceptors (Lipinski definition) is 3. The van der Waals surface area contributed by atoms with E-state index in [0.717, 1.165) is 27.5 Å². The molecule has 0 saturated heterocycles. The lowest BCUT2D eigenvalue weighted by Crippen LogP contribution is -2.34. The fraction of sp³-hybridized carbons (Fsp3) is 0.238. The van der Waals surface area contributed by atoms with Gasteiger partial charge in [-0.25, -0.2) is 9.78 Å². The van der Waals surface area contributed by atoms with Crippen molar-refractivity contribution in [3.63, 3.8) is 0 Å². The molecule has 1 N–H and O–H groups in total. The number of rotatable bonds is 5. The number of benzene rings is 2. The Morgan fingerprint density at radius 2 is 1.65 bits per heavy atom. The van der Waals surface area contributed by atoms with Crippen LogP contribution in [0.1, 0.15) is 18.7 Å². The molecule has 3 aromatic rings. The third kappa shape index (κ3) is 3.94. The third-order valence-corrected chi connectivity index (χ3v) is 5.30. The predicted molar refractivity (Wildman–Crippen MR) is 110 cm³/mol. The SMILES string of the molecule is CCN(CC)C(=O)Nc1ccc(-c2nc(-c3ccccc3)sc2C)cc1. The average molecular weight is 366 g/mol. The maximum atomic E-state index is 12.1. The number of amides is 2. The lowest BCUT2D eigenvalue weighted by atomic mass is 10.1. The fourth-order valence-corrected chi connectivity index (χ4v) is 3.73. The normalized spacial score (nSPS) is 10.6. The summed E-state index contributed by atoms with van der Waals surface area (Å²) in [6, 6.07) is 18.0. The molecule has 0 aliphatic rings. The topological polar surface area (TPSA) is 45.2 Å². The molecule has 0 saturated carbocycles. The van der Waals surface area contributed by atoms with Crippen molar-refractivity contribution in [2.24, 2.45) is 0 Å². The fourth-order valence-electron chi connectivity index (χ4n) is 2.79. The van der Waals surface area contributed by atoms with Crippen molar-refractivity contribution in [3.8, 4) is 21.8 Å². The maximum absolute atomic E-state index is 12.1. The van der Waals surface area contributed by atoms with Crippen LogP contribution < -0.4 is 5.32 Å². The van der Waals surface area contributed by atoms with Gasteiger partial charge in [-0.1, -0.05) is 42.5 Å². The summed E-state index contributed by atoms with van der Waals surface area (Å²) in [5.41, 5.74) is 3.98. The highest BCUT2D eigenvalue weighted by Gasteiger charge is 2.12. The van der Waals surface area contributed by atoms with Gasteiger partial charge in [-0.2, -0.15) is 0 Å². The summed E-state index contributed by atoms with van der Waals surface area (Å²) in [6.07, 6.45) is 0. The van der Waals surface area contributed by atoms with E-state index in [0.29, 0.717) is 13.1 Å². The zero-order valence-corrected chi connectivity index (χ0v) is 16.1. The Bertz CT molecular complexity index is 868. The number of nitrogens with one attached hydrogen (secondary N) is 1. The van der Waals surface area contributed by atoms with Crippen molar-refractivity contribution in [2.45, 2.75) is 20.8 Å². The van der Waals surface area contributed by atoms with E-state index in [4.69, 9.17) is 4.98 Å². The summed E-state index contributed by atoms with van der Waals surface area (Å²) in [7, 11) is 0. The number of anilines is 1. The quantitative estimate of drug-likeness (QED) is 0.634. The Hall–Kier alpha value is -2.66. The molecule has 0 radical (unpaired) electrons. The van der Waals surface area contributed by atoms with Gasteiger partial charge in [0.1, 0.15) is 5.01 Å². The largest absolute Gasteiger partial charge is 0.325 e. The second-order valence-electron chi connectivity index (χ2n) is 5.97. The summed E-state index contributed by atoms with van der Waals surface area (Å²) < 4.78 is 0. The molecule has 2 amide bonds. The first kappa shape index (κ1) is 18.1. The molecule has 0 aliphatic heterocycles. The summed E-state index contributed by atoms with van der Waals surface area (Å²) in [4.78, 5) is 19.9. The Balaban J connectivity index is 1.79. The van der Waals surface area contributed by atoms with Crippen LogP contribution in [0, 0.1) is 6.92 Å². The van der Waals surface area contributed by atoms with E-state index in [2.05, 4.69) is 24.4 Å². The molecule has 26 heavy (non-hydrogen) atoms. The van der Waals surface area contributed by atoms with Gasteiger partial charge < -0.3 is 10.2 Å². The van der Waals surface area contributed by atoms with Gasteiger partial charge in [-0.3, -0.25) is 0 Å². The minimum absolute atomic E-state index is 0.0704. The van der Waals surface area contributed by atoms with Crippen LogP contribution >= 0.6 is 11.3 Å². The second-order valence-corrected chi connectivity index (χ2v) is 7.17. The molecule has 0 unspecified atom stereocenters. The van der Waals surface area contributed by atoms with Gasteiger partial charge in [0, 0.05) is 34.8 Å². The maximum Gasteiger partial charge on any atom is 0.321 e. The van der Waals surface area contributed by atoms with E-state index in [1.807, 2.05) is 56.3 Å². The molecule has 1 heterocycles. The zero-order chi connectivity index (χ0) is 18.5. The minimum atomic E-state index is -0.0704. The van der Waals surface area contributed by atoms with Gasteiger partial charge >= 0.3 is 6.03 Å². The number of carbonyl (C=O) groups excluding carboxylic acids is 1. The number of carbonyl (C=O) groups is 1.